The van der Waals surface area contributed by atoms with Crippen LogP contribution in [0.25, 0.3) is 0 Å². The zero-order chi connectivity index (χ0) is 9.71. The van der Waals surface area contributed by atoms with E-state index in [-0.39, 0.29) is 5.91 Å². The van der Waals surface area contributed by atoms with Crippen LogP contribution < -0.4 is 0 Å². The van der Waals surface area contributed by atoms with Crippen molar-refractivity contribution in [3.05, 3.63) is 12.2 Å². The Hall–Kier alpha value is -0.440. The fraction of sp³-hybridized carbons (Fsp3) is 0.727. The van der Waals surface area contributed by atoms with Gasteiger partial charge in [0.25, 0.3) is 0 Å². The monoisotopic (exact) mass is 209 g/mol. The highest BCUT2D eigenvalue weighted by Gasteiger charge is 2.49. The average Bonchev–Trinajstić information content (AvgIpc) is 2.87. The van der Waals surface area contributed by atoms with Crippen molar-refractivity contribution in [3.8, 4) is 0 Å². The van der Waals surface area contributed by atoms with Gasteiger partial charge in [-0.05, 0) is 30.1 Å². The van der Waals surface area contributed by atoms with Crippen molar-refractivity contribution >= 4 is 18.5 Å². The van der Waals surface area contributed by atoms with Crippen molar-refractivity contribution in [2.45, 2.75) is 6.42 Å². The molecule has 1 saturated carbocycles. The van der Waals surface area contributed by atoms with Crippen LogP contribution in [0.2, 0.25) is 0 Å². The molecule has 4 unspecified atom stereocenters. The molecule has 0 aromatic rings. The van der Waals surface area contributed by atoms with Crippen molar-refractivity contribution in [2.24, 2.45) is 23.7 Å². The number of hydrogen-bond acceptors (Lipinski definition) is 2. The number of thiol groups is 1. The second-order valence-corrected chi connectivity index (χ2v) is 5.05. The number of fused-ring (bicyclic) bond motifs is 5. The van der Waals surface area contributed by atoms with Crippen LogP contribution in [0.5, 0.6) is 0 Å². The lowest BCUT2D eigenvalue weighted by atomic mass is 9.86. The van der Waals surface area contributed by atoms with E-state index in [1.54, 1.807) is 0 Å². The third-order valence-electron chi connectivity index (χ3n) is 4.15. The van der Waals surface area contributed by atoms with Gasteiger partial charge in [0.15, 0.2) is 0 Å². The summed E-state index contributed by atoms with van der Waals surface area (Å²) in [6, 6.07) is 0. The lowest BCUT2D eigenvalue weighted by Crippen LogP contribution is -2.31. The summed E-state index contributed by atoms with van der Waals surface area (Å²) >= 11 is 4.05. The van der Waals surface area contributed by atoms with Gasteiger partial charge in [-0.15, -0.1) is 0 Å². The summed E-state index contributed by atoms with van der Waals surface area (Å²) in [5, 5.41) is 0. The Morgan fingerprint density at radius 1 is 1.29 bits per heavy atom. The number of likely N-dealkylation sites (tertiary alicyclic amines) is 1. The molecular weight excluding hydrogens is 194 g/mol. The molecule has 1 aliphatic heterocycles. The first-order valence-electron chi connectivity index (χ1n) is 5.36. The molecule has 2 aliphatic carbocycles. The van der Waals surface area contributed by atoms with Crippen molar-refractivity contribution in [2.75, 3.05) is 18.8 Å². The molecule has 2 fully saturated rings. The molecule has 0 N–H and O–H groups in total. The van der Waals surface area contributed by atoms with Crippen molar-refractivity contribution in [3.63, 3.8) is 0 Å². The summed E-state index contributed by atoms with van der Waals surface area (Å²) in [5.74, 6) is 3.62. The van der Waals surface area contributed by atoms with E-state index in [2.05, 4.69) is 24.8 Å². The number of nitrogens with zero attached hydrogens (tertiary/aromatic N) is 1. The Bertz CT molecular complexity index is 282. The van der Waals surface area contributed by atoms with Crippen LogP contribution >= 0.6 is 12.6 Å². The maximum Gasteiger partial charge on any atom is 0.232 e. The molecule has 1 saturated heterocycles. The number of carbonyl (C=O) groups is 1. The van der Waals surface area contributed by atoms with Crippen LogP contribution in [0.3, 0.4) is 0 Å². The van der Waals surface area contributed by atoms with Gasteiger partial charge in [0, 0.05) is 13.1 Å². The Morgan fingerprint density at radius 2 is 1.86 bits per heavy atom. The first kappa shape index (κ1) is 8.84. The Kier molecular flexibility index (Phi) is 1.91. The quantitative estimate of drug-likeness (QED) is 0.508. The van der Waals surface area contributed by atoms with Crippen LogP contribution in [-0.4, -0.2) is 29.6 Å². The molecule has 2 nitrogen and oxygen atoms in total. The highest BCUT2D eigenvalue weighted by atomic mass is 32.1. The second kappa shape index (κ2) is 3.02. The molecule has 0 radical (unpaired) electrons. The lowest BCUT2D eigenvalue weighted by molar-refractivity contribution is -0.127. The van der Waals surface area contributed by atoms with Gasteiger partial charge < -0.3 is 4.90 Å². The third-order valence-corrected chi connectivity index (χ3v) is 4.42. The molecule has 3 aliphatic rings. The van der Waals surface area contributed by atoms with E-state index in [0.29, 0.717) is 5.75 Å². The molecule has 3 heteroatoms. The molecule has 14 heavy (non-hydrogen) atoms. The molecule has 0 aromatic carbocycles. The van der Waals surface area contributed by atoms with E-state index in [4.69, 9.17) is 0 Å². The molecule has 3 rings (SSSR count). The number of carbonyl (C=O) groups excluding carboxylic acids is 1. The van der Waals surface area contributed by atoms with Gasteiger partial charge in [0.05, 0.1) is 5.75 Å². The molecule has 1 amide bonds. The SMILES string of the molecule is O=C(CS)N1CC2C3C=CC(C3)C2C1. The number of amides is 1. The van der Waals surface area contributed by atoms with Crippen LogP contribution in [-0.2, 0) is 4.79 Å². The first-order valence-corrected chi connectivity index (χ1v) is 6.00. The minimum absolute atomic E-state index is 0.210. The van der Waals surface area contributed by atoms with Crippen LogP contribution in [0, 0.1) is 23.7 Å². The van der Waals surface area contributed by atoms with Crippen LogP contribution in [0.4, 0.5) is 0 Å². The largest absolute Gasteiger partial charge is 0.341 e. The van der Waals surface area contributed by atoms with Crippen molar-refractivity contribution in [1.29, 1.82) is 0 Å². The number of hydrogen-bond donors (Lipinski definition) is 1. The number of rotatable bonds is 1. The van der Waals surface area contributed by atoms with Gasteiger partial charge in [0.2, 0.25) is 5.91 Å². The topological polar surface area (TPSA) is 20.3 Å². The normalized spacial score (nSPS) is 43.4. The molecule has 2 bridgehead atoms. The fourth-order valence-corrected chi connectivity index (χ4v) is 3.66. The molecule has 0 aromatic heterocycles. The molecule has 1 heterocycles. The second-order valence-electron chi connectivity index (χ2n) is 4.73. The van der Waals surface area contributed by atoms with Gasteiger partial charge in [-0.3, -0.25) is 4.79 Å². The van der Waals surface area contributed by atoms with E-state index >= 15 is 0 Å². The van der Waals surface area contributed by atoms with E-state index in [1.807, 2.05) is 4.90 Å². The zero-order valence-electron chi connectivity index (χ0n) is 8.10. The summed E-state index contributed by atoms with van der Waals surface area (Å²) in [4.78, 5) is 13.5. The minimum Gasteiger partial charge on any atom is -0.341 e. The lowest BCUT2D eigenvalue weighted by Gasteiger charge is -2.17. The summed E-state index contributed by atoms with van der Waals surface area (Å²) in [6.07, 6.45) is 6.07. The Labute approximate surface area is 89.8 Å². The summed E-state index contributed by atoms with van der Waals surface area (Å²) in [6.45, 7) is 1.96. The smallest absolute Gasteiger partial charge is 0.232 e. The fourth-order valence-electron chi connectivity index (χ4n) is 3.46. The maximum absolute atomic E-state index is 11.5. The summed E-state index contributed by atoms with van der Waals surface area (Å²) in [7, 11) is 0. The van der Waals surface area contributed by atoms with E-state index < -0.39 is 0 Å². The van der Waals surface area contributed by atoms with Crippen LogP contribution in [0.1, 0.15) is 6.42 Å². The van der Waals surface area contributed by atoms with E-state index in [1.165, 1.54) is 6.42 Å². The summed E-state index contributed by atoms with van der Waals surface area (Å²) in [5.41, 5.74) is 0. The van der Waals surface area contributed by atoms with Crippen molar-refractivity contribution < 1.29 is 4.79 Å². The molecule has 4 atom stereocenters. The van der Waals surface area contributed by atoms with Gasteiger partial charge >= 0.3 is 0 Å². The van der Waals surface area contributed by atoms with Gasteiger partial charge in [-0.25, -0.2) is 0 Å². The van der Waals surface area contributed by atoms with Crippen LogP contribution in [0.15, 0.2) is 12.2 Å². The standard InChI is InChI=1S/C11H15NOS/c13-11(6-14)12-4-9-7-1-2-8(3-7)10(9)5-12/h1-2,7-10,14H,3-6H2. The highest BCUT2D eigenvalue weighted by molar-refractivity contribution is 7.81. The molecule has 76 valence electrons. The Balaban J connectivity index is 1.76. The number of allylic oxidation sites excluding steroid dienone is 2. The van der Waals surface area contributed by atoms with E-state index in [0.717, 1.165) is 36.8 Å². The molecule has 0 spiro atoms. The average molecular weight is 209 g/mol. The van der Waals surface area contributed by atoms with Gasteiger partial charge in [-0.2, -0.15) is 12.6 Å². The van der Waals surface area contributed by atoms with Gasteiger partial charge in [0.1, 0.15) is 0 Å². The Morgan fingerprint density at radius 3 is 2.36 bits per heavy atom. The zero-order valence-corrected chi connectivity index (χ0v) is 8.99. The maximum atomic E-state index is 11.5. The first-order chi connectivity index (χ1) is 6.79. The predicted molar refractivity (Wildman–Crippen MR) is 58.2 cm³/mol. The summed E-state index contributed by atoms with van der Waals surface area (Å²) < 4.78 is 0. The molecular formula is C11H15NOS. The highest BCUT2D eigenvalue weighted by Crippen LogP contribution is 2.51. The van der Waals surface area contributed by atoms with Crippen molar-refractivity contribution in [1.82, 2.24) is 4.90 Å². The third kappa shape index (κ3) is 1.08. The van der Waals surface area contributed by atoms with Gasteiger partial charge in [-0.1, -0.05) is 12.2 Å². The minimum atomic E-state index is 0.210. The predicted octanol–water partition coefficient (Wildman–Crippen LogP) is 1.20. The van der Waals surface area contributed by atoms with E-state index in [9.17, 15) is 4.79 Å².